The van der Waals surface area contributed by atoms with Crippen molar-refractivity contribution in [3.05, 3.63) is 12.7 Å². The Labute approximate surface area is 84.8 Å². The van der Waals surface area contributed by atoms with Crippen molar-refractivity contribution in [2.24, 2.45) is 11.8 Å². The molecule has 0 aliphatic heterocycles. The molecule has 1 aliphatic rings. The lowest BCUT2D eigenvalue weighted by atomic mass is 9.81. The average molecular weight is 198 g/mol. The molecule has 0 heterocycles. The van der Waals surface area contributed by atoms with Crippen LogP contribution in [0.2, 0.25) is 0 Å². The molecule has 80 valence electrons. The maximum absolute atomic E-state index is 10.8. The number of hydrogen-bond donors (Lipinski definition) is 1. The van der Waals surface area contributed by atoms with Gasteiger partial charge in [0.2, 0.25) is 0 Å². The summed E-state index contributed by atoms with van der Waals surface area (Å²) in [6.45, 7) is 5.79. The van der Waals surface area contributed by atoms with E-state index in [1.165, 1.54) is 6.08 Å². The first-order valence-corrected chi connectivity index (χ1v) is 5.10. The highest BCUT2D eigenvalue weighted by atomic mass is 16.5. The minimum atomic E-state index is -0.377. The van der Waals surface area contributed by atoms with E-state index in [9.17, 15) is 9.90 Å². The fourth-order valence-electron chi connectivity index (χ4n) is 1.79. The van der Waals surface area contributed by atoms with Crippen LogP contribution in [0, 0.1) is 11.8 Å². The largest absolute Gasteiger partial charge is 0.462 e. The Bertz CT molecular complexity index is 213. The van der Waals surface area contributed by atoms with E-state index in [-0.39, 0.29) is 12.1 Å². The molecule has 1 saturated carbocycles. The van der Waals surface area contributed by atoms with E-state index < -0.39 is 0 Å². The number of aliphatic hydroxyl groups excluding tert-OH is 1. The van der Waals surface area contributed by atoms with E-state index in [0.29, 0.717) is 18.4 Å². The third-order valence-electron chi connectivity index (χ3n) is 2.89. The molecule has 3 nitrogen and oxygen atoms in total. The van der Waals surface area contributed by atoms with Crippen LogP contribution in [0.25, 0.3) is 0 Å². The number of hydrogen-bond acceptors (Lipinski definition) is 3. The standard InChI is InChI=1S/C11H18O3/c1-3-11(13)14-7-9-5-4-8(2)10(12)6-9/h3,8-10,12H,1,4-7H2,2H3. The van der Waals surface area contributed by atoms with Crippen LogP contribution in [-0.2, 0) is 9.53 Å². The molecule has 1 N–H and O–H groups in total. The van der Waals surface area contributed by atoms with E-state index in [4.69, 9.17) is 4.74 Å². The van der Waals surface area contributed by atoms with Crippen LogP contribution in [0.1, 0.15) is 26.2 Å². The summed E-state index contributed by atoms with van der Waals surface area (Å²) < 4.78 is 4.95. The fraction of sp³-hybridized carbons (Fsp3) is 0.727. The van der Waals surface area contributed by atoms with Crippen LogP contribution in [0.5, 0.6) is 0 Å². The molecule has 3 heteroatoms. The Kier molecular flexibility index (Phi) is 4.14. The highest BCUT2D eigenvalue weighted by Crippen LogP contribution is 2.28. The summed E-state index contributed by atoms with van der Waals surface area (Å²) in [7, 11) is 0. The molecular formula is C11H18O3. The Hall–Kier alpha value is -0.830. The third-order valence-corrected chi connectivity index (χ3v) is 2.89. The van der Waals surface area contributed by atoms with Gasteiger partial charge in [-0.05, 0) is 31.1 Å². The Balaban J connectivity index is 2.26. The first kappa shape index (κ1) is 11.2. The Morgan fingerprint density at radius 1 is 1.64 bits per heavy atom. The number of carbonyl (C=O) groups is 1. The zero-order valence-electron chi connectivity index (χ0n) is 8.61. The van der Waals surface area contributed by atoms with Gasteiger partial charge in [0.15, 0.2) is 0 Å². The first-order valence-electron chi connectivity index (χ1n) is 5.10. The van der Waals surface area contributed by atoms with Crippen molar-refractivity contribution in [2.75, 3.05) is 6.61 Å². The second-order valence-electron chi connectivity index (χ2n) is 4.06. The summed E-state index contributed by atoms with van der Waals surface area (Å²) in [5, 5.41) is 9.61. The second kappa shape index (κ2) is 5.15. The minimum absolute atomic E-state index is 0.240. The lowest BCUT2D eigenvalue weighted by molar-refractivity contribution is -0.140. The molecule has 0 aromatic rings. The fourth-order valence-corrected chi connectivity index (χ4v) is 1.79. The molecule has 0 spiro atoms. The predicted molar refractivity (Wildman–Crippen MR) is 53.7 cm³/mol. The van der Waals surface area contributed by atoms with E-state index in [0.717, 1.165) is 19.3 Å². The van der Waals surface area contributed by atoms with Crippen molar-refractivity contribution in [1.82, 2.24) is 0 Å². The molecule has 0 radical (unpaired) electrons. The summed E-state index contributed by atoms with van der Waals surface area (Å²) in [5.41, 5.74) is 0. The molecule has 3 unspecified atom stereocenters. The minimum Gasteiger partial charge on any atom is -0.462 e. The number of carbonyl (C=O) groups excluding carboxylic acids is 1. The van der Waals surface area contributed by atoms with Crippen LogP contribution in [0.15, 0.2) is 12.7 Å². The van der Waals surface area contributed by atoms with Crippen LogP contribution in [0.3, 0.4) is 0 Å². The highest BCUT2D eigenvalue weighted by Gasteiger charge is 2.26. The monoisotopic (exact) mass is 198 g/mol. The van der Waals surface area contributed by atoms with Crippen molar-refractivity contribution < 1.29 is 14.6 Å². The van der Waals surface area contributed by atoms with E-state index in [2.05, 4.69) is 13.5 Å². The second-order valence-corrected chi connectivity index (χ2v) is 4.06. The molecule has 0 aromatic heterocycles. The summed E-state index contributed by atoms with van der Waals surface area (Å²) in [6.07, 6.45) is 3.71. The number of ether oxygens (including phenoxy) is 1. The van der Waals surface area contributed by atoms with Gasteiger partial charge in [0.1, 0.15) is 0 Å². The van der Waals surface area contributed by atoms with Gasteiger partial charge in [0, 0.05) is 6.08 Å². The lowest BCUT2D eigenvalue weighted by Gasteiger charge is -2.30. The Morgan fingerprint density at radius 3 is 2.93 bits per heavy atom. The Morgan fingerprint density at radius 2 is 2.36 bits per heavy atom. The highest BCUT2D eigenvalue weighted by molar-refractivity contribution is 5.81. The zero-order chi connectivity index (χ0) is 10.6. The van der Waals surface area contributed by atoms with E-state index in [1.54, 1.807) is 0 Å². The van der Waals surface area contributed by atoms with Gasteiger partial charge in [-0.2, -0.15) is 0 Å². The summed E-state index contributed by atoms with van der Waals surface area (Å²) in [6, 6.07) is 0. The van der Waals surface area contributed by atoms with Crippen molar-refractivity contribution in [3.8, 4) is 0 Å². The molecule has 1 fully saturated rings. The lowest BCUT2D eigenvalue weighted by Crippen LogP contribution is -2.30. The normalized spacial score (nSPS) is 32.3. The van der Waals surface area contributed by atoms with Crippen molar-refractivity contribution in [1.29, 1.82) is 0 Å². The van der Waals surface area contributed by atoms with Crippen LogP contribution < -0.4 is 0 Å². The number of aliphatic hydroxyl groups is 1. The molecule has 3 atom stereocenters. The number of esters is 1. The topological polar surface area (TPSA) is 46.5 Å². The summed E-state index contributed by atoms with van der Waals surface area (Å²) in [4.78, 5) is 10.8. The average Bonchev–Trinajstić information content (AvgIpc) is 2.19. The van der Waals surface area contributed by atoms with Crippen LogP contribution in [-0.4, -0.2) is 23.8 Å². The quantitative estimate of drug-likeness (QED) is 0.552. The van der Waals surface area contributed by atoms with Gasteiger partial charge in [-0.3, -0.25) is 0 Å². The molecule has 0 saturated heterocycles. The first-order chi connectivity index (χ1) is 6.63. The van der Waals surface area contributed by atoms with E-state index in [1.807, 2.05) is 0 Å². The van der Waals surface area contributed by atoms with Gasteiger partial charge in [-0.25, -0.2) is 4.79 Å². The molecular weight excluding hydrogens is 180 g/mol. The SMILES string of the molecule is C=CC(=O)OCC1CCC(C)C(O)C1. The smallest absolute Gasteiger partial charge is 0.330 e. The predicted octanol–water partition coefficient (Wildman–Crippen LogP) is 1.51. The molecule has 1 aliphatic carbocycles. The maximum Gasteiger partial charge on any atom is 0.330 e. The van der Waals surface area contributed by atoms with Crippen LogP contribution >= 0.6 is 0 Å². The molecule has 0 aromatic carbocycles. The molecule has 0 bridgehead atoms. The summed E-state index contributed by atoms with van der Waals surface area (Å²) in [5.74, 6) is 0.310. The van der Waals surface area contributed by atoms with Crippen molar-refractivity contribution >= 4 is 5.97 Å². The zero-order valence-corrected chi connectivity index (χ0v) is 8.61. The van der Waals surface area contributed by atoms with E-state index >= 15 is 0 Å². The van der Waals surface area contributed by atoms with Crippen molar-refractivity contribution in [2.45, 2.75) is 32.3 Å². The van der Waals surface area contributed by atoms with Crippen molar-refractivity contribution in [3.63, 3.8) is 0 Å². The molecule has 0 amide bonds. The van der Waals surface area contributed by atoms with Gasteiger partial charge in [-0.1, -0.05) is 13.5 Å². The maximum atomic E-state index is 10.8. The van der Waals surface area contributed by atoms with Gasteiger partial charge in [-0.15, -0.1) is 0 Å². The van der Waals surface area contributed by atoms with Gasteiger partial charge in [0.05, 0.1) is 12.7 Å². The molecule has 1 rings (SSSR count). The van der Waals surface area contributed by atoms with Gasteiger partial charge < -0.3 is 9.84 Å². The third kappa shape index (κ3) is 3.14. The number of rotatable bonds is 3. The molecule has 14 heavy (non-hydrogen) atoms. The van der Waals surface area contributed by atoms with Gasteiger partial charge in [0.25, 0.3) is 0 Å². The van der Waals surface area contributed by atoms with Gasteiger partial charge >= 0.3 is 5.97 Å². The van der Waals surface area contributed by atoms with Crippen LogP contribution in [0.4, 0.5) is 0 Å². The summed E-state index contributed by atoms with van der Waals surface area (Å²) >= 11 is 0.